The molecule has 29 heavy (non-hydrogen) atoms. The highest BCUT2D eigenvalue weighted by atomic mass is 32.2. The van der Waals surface area contributed by atoms with Crippen LogP contribution in [0.4, 0.5) is 5.13 Å². The number of ketones is 1. The van der Waals surface area contributed by atoms with E-state index in [0.29, 0.717) is 40.7 Å². The first-order valence-electron chi connectivity index (χ1n) is 8.97. The number of anilines is 1. The van der Waals surface area contributed by atoms with E-state index in [1.165, 1.54) is 23.1 Å². The Balaban J connectivity index is 1.87. The molecule has 0 amide bonds. The molecule has 2 N–H and O–H groups in total. The van der Waals surface area contributed by atoms with Gasteiger partial charge in [0.05, 0.1) is 23.3 Å². The van der Waals surface area contributed by atoms with E-state index in [1.807, 2.05) is 19.1 Å². The quantitative estimate of drug-likeness (QED) is 0.569. The molecule has 2 aromatic rings. The Kier molecular flexibility index (Phi) is 5.46. The minimum absolute atomic E-state index is 0.0685. The smallest absolute Gasteiger partial charge is 0.219 e. The average Bonchev–Trinajstić information content (AvgIpc) is 3.34. The third kappa shape index (κ3) is 3.46. The Bertz CT molecular complexity index is 1130. The van der Waals surface area contributed by atoms with Crippen molar-refractivity contribution in [3.8, 4) is 18.4 Å². The van der Waals surface area contributed by atoms with Crippen LogP contribution in [0, 0.1) is 30.6 Å². The Morgan fingerprint density at radius 3 is 2.90 bits per heavy atom. The van der Waals surface area contributed by atoms with Gasteiger partial charge >= 0.3 is 0 Å². The van der Waals surface area contributed by atoms with Crippen molar-refractivity contribution in [3.63, 3.8) is 0 Å². The van der Waals surface area contributed by atoms with Gasteiger partial charge in [0.25, 0.3) is 0 Å². The monoisotopic (exact) mass is 439 g/mol. The number of hydrogen-bond acceptors (Lipinski definition) is 9. The molecule has 0 fully saturated rings. The van der Waals surface area contributed by atoms with E-state index in [9.17, 15) is 10.1 Å². The highest BCUT2D eigenvalue weighted by Crippen LogP contribution is 2.48. The van der Waals surface area contributed by atoms with Crippen LogP contribution in [0.5, 0.6) is 0 Å². The van der Waals surface area contributed by atoms with Gasteiger partial charge in [0.2, 0.25) is 5.13 Å². The predicted octanol–water partition coefficient (Wildman–Crippen LogP) is 3.94. The maximum Gasteiger partial charge on any atom is 0.219 e. The number of Topliss-reactive ketones (excluding diaryl/α,β-unsaturated/α-hetero) is 1. The van der Waals surface area contributed by atoms with Gasteiger partial charge in [0.1, 0.15) is 5.82 Å². The van der Waals surface area contributed by atoms with Gasteiger partial charge in [-0.3, -0.25) is 9.69 Å². The highest BCUT2D eigenvalue weighted by molar-refractivity contribution is 8.01. The lowest BCUT2D eigenvalue weighted by molar-refractivity contribution is -0.116. The van der Waals surface area contributed by atoms with Crippen LogP contribution in [-0.4, -0.2) is 21.7 Å². The van der Waals surface area contributed by atoms with E-state index in [0.717, 1.165) is 26.2 Å². The fraction of sp³-hybridized carbons (Fsp3) is 0.300. The first-order chi connectivity index (χ1) is 14.0. The minimum Gasteiger partial charge on any atom is -0.384 e. The zero-order valence-electron chi connectivity index (χ0n) is 15.6. The summed E-state index contributed by atoms with van der Waals surface area (Å²) in [7, 11) is 0. The lowest BCUT2D eigenvalue weighted by atomic mass is 9.78. The second-order valence-corrected chi connectivity index (χ2v) is 10.1. The first-order valence-corrected chi connectivity index (χ1v) is 11.6. The topological polar surface area (TPSA) is 95.9 Å². The van der Waals surface area contributed by atoms with Gasteiger partial charge in [-0.1, -0.05) is 29.0 Å². The van der Waals surface area contributed by atoms with Crippen LogP contribution in [0.25, 0.3) is 0 Å². The van der Waals surface area contributed by atoms with Gasteiger partial charge in [-0.15, -0.1) is 28.0 Å². The van der Waals surface area contributed by atoms with Crippen molar-refractivity contribution >= 4 is 45.4 Å². The molecule has 0 spiro atoms. The summed E-state index contributed by atoms with van der Waals surface area (Å²) in [6.07, 6.45) is 7.25. The van der Waals surface area contributed by atoms with Crippen molar-refractivity contribution in [3.05, 3.63) is 44.6 Å². The molecule has 2 aliphatic rings. The first kappa shape index (κ1) is 19.7. The Morgan fingerprint density at radius 1 is 1.38 bits per heavy atom. The van der Waals surface area contributed by atoms with Gasteiger partial charge in [-0.05, 0) is 31.9 Å². The zero-order chi connectivity index (χ0) is 20.5. The van der Waals surface area contributed by atoms with Gasteiger partial charge in [0, 0.05) is 27.4 Å². The largest absolute Gasteiger partial charge is 0.384 e. The zero-order valence-corrected chi connectivity index (χ0v) is 18.1. The van der Waals surface area contributed by atoms with E-state index >= 15 is 0 Å². The molecule has 2 aromatic heterocycles. The summed E-state index contributed by atoms with van der Waals surface area (Å²) in [6.45, 7) is 2.01. The van der Waals surface area contributed by atoms with Crippen LogP contribution in [0.15, 0.2) is 39.1 Å². The molecule has 6 nitrogen and oxygen atoms in total. The molecule has 0 bridgehead atoms. The molecule has 146 valence electrons. The number of nitrogens with two attached hydrogens (primary N) is 1. The number of hydrogen-bond donors (Lipinski definition) is 1. The van der Waals surface area contributed by atoms with Crippen molar-refractivity contribution in [2.45, 2.75) is 36.4 Å². The number of thioether (sulfide) groups is 1. The third-order valence-electron chi connectivity index (χ3n) is 4.83. The van der Waals surface area contributed by atoms with Crippen molar-refractivity contribution in [2.24, 2.45) is 5.73 Å². The fourth-order valence-corrected chi connectivity index (χ4v) is 6.21. The molecule has 1 atom stereocenters. The molecule has 0 aromatic carbocycles. The summed E-state index contributed by atoms with van der Waals surface area (Å²) < 4.78 is 0.726. The van der Waals surface area contributed by atoms with E-state index in [4.69, 9.17) is 12.2 Å². The van der Waals surface area contributed by atoms with E-state index in [1.54, 1.807) is 16.2 Å². The van der Waals surface area contributed by atoms with Crippen LogP contribution in [0.3, 0.4) is 0 Å². The van der Waals surface area contributed by atoms with Gasteiger partial charge in [-0.2, -0.15) is 5.26 Å². The molecule has 1 unspecified atom stereocenters. The lowest BCUT2D eigenvalue weighted by Crippen LogP contribution is -2.38. The normalized spacial score (nSPS) is 19.2. The summed E-state index contributed by atoms with van der Waals surface area (Å²) >= 11 is 4.37. The maximum absolute atomic E-state index is 13.0. The molecular formula is C20H17N5OS3. The lowest BCUT2D eigenvalue weighted by Gasteiger charge is -2.37. The number of carbonyl (C=O) groups is 1. The van der Waals surface area contributed by atoms with Crippen molar-refractivity contribution in [1.82, 2.24) is 10.2 Å². The predicted molar refractivity (Wildman–Crippen MR) is 116 cm³/mol. The minimum atomic E-state index is -0.416. The van der Waals surface area contributed by atoms with Crippen LogP contribution in [0.2, 0.25) is 0 Å². The second-order valence-electron chi connectivity index (χ2n) is 6.61. The second kappa shape index (κ2) is 8.03. The van der Waals surface area contributed by atoms with Crippen molar-refractivity contribution in [2.75, 3.05) is 10.7 Å². The Labute approximate surface area is 181 Å². The summed E-state index contributed by atoms with van der Waals surface area (Å²) in [6, 6.07) is 6.25. The number of rotatable bonds is 4. The number of thiophene rings is 1. The maximum atomic E-state index is 13.0. The van der Waals surface area contributed by atoms with Crippen molar-refractivity contribution in [1.29, 1.82) is 5.26 Å². The molecule has 3 heterocycles. The molecule has 4 rings (SSSR count). The van der Waals surface area contributed by atoms with E-state index in [2.05, 4.69) is 22.2 Å². The van der Waals surface area contributed by atoms with E-state index in [-0.39, 0.29) is 5.78 Å². The number of carbonyl (C=O) groups excluding carboxylic acids is 1. The van der Waals surface area contributed by atoms with Crippen LogP contribution < -0.4 is 10.6 Å². The van der Waals surface area contributed by atoms with Gasteiger partial charge < -0.3 is 5.73 Å². The number of aryl methyl sites for hydroxylation is 1. The van der Waals surface area contributed by atoms with Gasteiger partial charge in [-0.25, -0.2) is 0 Å². The fourth-order valence-electron chi connectivity index (χ4n) is 3.65. The third-order valence-corrected chi connectivity index (χ3v) is 7.84. The number of nitrogens with zero attached hydrogens (tertiary/aromatic N) is 4. The molecule has 9 heteroatoms. The van der Waals surface area contributed by atoms with Gasteiger partial charge in [0.15, 0.2) is 10.1 Å². The number of nitriles is 1. The number of terminal acetylenes is 1. The summed E-state index contributed by atoms with van der Waals surface area (Å²) in [5, 5.41) is 19.0. The Hall–Kier alpha value is -2.59. The van der Waals surface area contributed by atoms with Crippen molar-refractivity contribution < 1.29 is 4.79 Å². The molecule has 1 aliphatic carbocycles. The van der Waals surface area contributed by atoms with Crippen LogP contribution in [-0.2, 0) is 4.79 Å². The molecule has 0 saturated carbocycles. The molecule has 0 saturated heterocycles. The SMILES string of the molecule is C#CCSc1nnc(N2C(N)=C(C#N)C(c3ccc(C)s3)C3=C2CCCC3=O)s1. The van der Waals surface area contributed by atoms with Crippen LogP contribution in [0.1, 0.15) is 34.9 Å². The highest BCUT2D eigenvalue weighted by Gasteiger charge is 2.41. The summed E-state index contributed by atoms with van der Waals surface area (Å²) in [4.78, 5) is 16.8. The standard InChI is InChI=1S/C20H17N5OS3/c1-3-9-27-20-24-23-19(29-20)25-13-5-4-6-14(26)17(13)16(12(10-21)18(25)22)15-8-7-11(2)28-15/h1,7-8,16H,4-6,9,22H2,2H3. The summed E-state index contributed by atoms with van der Waals surface area (Å²) in [5.41, 5.74) is 8.38. The molecule has 0 radical (unpaired) electrons. The molecular weight excluding hydrogens is 422 g/mol. The number of allylic oxidation sites excluding steroid dienone is 3. The Morgan fingerprint density at radius 2 is 2.21 bits per heavy atom. The molecule has 1 aliphatic heterocycles. The van der Waals surface area contributed by atoms with Crippen LogP contribution >= 0.6 is 34.4 Å². The summed E-state index contributed by atoms with van der Waals surface area (Å²) in [5.74, 6) is 3.03. The van der Waals surface area contributed by atoms with E-state index < -0.39 is 5.92 Å². The number of aromatic nitrogens is 2. The average molecular weight is 440 g/mol.